The molecule has 1 aliphatic rings. The number of hydrogen-bond donors (Lipinski definition) is 0. The van der Waals surface area contributed by atoms with Gasteiger partial charge < -0.3 is 4.74 Å². The molecule has 0 radical (unpaired) electrons. The Morgan fingerprint density at radius 2 is 1.96 bits per heavy atom. The zero-order chi connectivity index (χ0) is 16.4. The van der Waals surface area contributed by atoms with Gasteiger partial charge in [0.25, 0.3) is 5.69 Å². The summed E-state index contributed by atoms with van der Waals surface area (Å²) < 4.78 is 5.12. The number of hydrogen-bond acceptors (Lipinski definition) is 5. The smallest absolute Gasteiger partial charge is 0.363 e. The molecule has 0 bridgehead atoms. The van der Waals surface area contributed by atoms with E-state index in [2.05, 4.69) is 4.99 Å². The van der Waals surface area contributed by atoms with Gasteiger partial charge >= 0.3 is 5.97 Å². The molecule has 0 aliphatic carbocycles. The molecule has 0 aromatic heterocycles. The van der Waals surface area contributed by atoms with Crippen molar-refractivity contribution < 1.29 is 14.5 Å². The predicted molar refractivity (Wildman–Crippen MR) is 85.2 cm³/mol. The molecule has 0 N–H and O–H groups in total. The van der Waals surface area contributed by atoms with Gasteiger partial charge in [0.2, 0.25) is 5.90 Å². The highest BCUT2D eigenvalue weighted by atomic mass is 35.5. The molecule has 2 aromatic carbocycles. The van der Waals surface area contributed by atoms with Gasteiger partial charge in [0.05, 0.1) is 15.5 Å². The fraction of sp³-hybridized carbons (Fsp3) is 0. The van der Waals surface area contributed by atoms with Crippen LogP contribution in [0.4, 0.5) is 5.69 Å². The number of nitro benzene ring substituents is 1. The molecule has 0 unspecified atom stereocenters. The van der Waals surface area contributed by atoms with Crippen molar-refractivity contribution in [2.24, 2.45) is 4.99 Å². The number of nitrogens with zero attached hydrogens (tertiary/aromatic N) is 2. The number of halogens is 1. The highest BCUT2D eigenvalue weighted by molar-refractivity contribution is 6.34. The normalized spacial score (nSPS) is 15.4. The van der Waals surface area contributed by atoms with Gasteiger partial charge in [0.15, 0.2) is 5.70 Å². The molecule has 3 rings (SSSR count). The van der Waals surface area contributed by atoms with Gasteiger partial charge in [-0.05, 0) is 23.8 Å². The molecule has 0 amide bonds. The van der Waals surface area contributed by atoms with Gasteiger partial charge in [0.1, 0.15) is 0 Å². The monoisotopic (exact) mass is 328 g/mol. The Balaban J connectivity index is 1.97. The second-order valence-electron chi connectivity index (χ2n) is 4.67. The van der Waals surface area contributed by atoms with Crippen LogP contribution >= 0.6 is 11.6 Å². The lowest BCUT2D eigenvalue weighted by molar-refractivity contribution is -0.384. The van der Waals surface area contributed by atoms with Crippen molar-refractivity contribution in [1.82, 2.24) is 0 Å². The topological polar surface area (TPSA) is 81.8 Å². The van der Waals surface area contributed by atoms with Crippen molar-refractivity contribution in [1.29, 1.82) is 0 Å². The average Bonchev–Trinajstić information content (AvgIpc) is 2.89. The summed E-state index contributed by atoms with van der Waals surface area (Å²) in [7, 11) is 0. The zero-order valence-electron chi connectivity index (χ0n) is 11.6. The molecular weight excluding hydrogens is 320 g/mol. The number of aliphatic imine (C=N–C) groups is 1. The van der Waals surface area contributed by atoms with Crippen LogP contribution < -0.4 is 0 Å². The van der Waals surface area contributed by atoms with Crippen molar-refractivity contribution in [2.75, 3.05) is 0 Å². The van der Waals surface area contributed by atoms with Crippen molar-refractivity contribution in [2.45, 2.75) is 0 Å². The van der Waals surface area contributed by atoms with Crippen LogP contribution in [0.1, 0.15) is 11.1 Å². The van der Waals surface area contributed by atoms with Gasteiger partial charge in [-0.25, -0.2) is 9.79 Å². The van der Waals surface area contributed by atoms with E-state index in [9.17, 15) is 14.9 Å². The van der Waals surface area contributed by atoms with Crippen molar-refractivity contribution in [3.63, 3.8) is 0 Å². The third kappa shape index (κ3) is 3.12. The average molecular weight is 329 g/mol. The summed E-state index contributed by atoms with van der Waals surface area (Å²) in [6.45, 7) is 0. The molecule has 1 heterocycles. The first-order valence-electron chi connectivity index (χ1n) is 6.56. The molecule has 0 fully saturated rings. The lowest BCUT2D eigenvalue weighted by atomic mass is 10.1. The molecule has 6 nitrogen and oxygen atoms in total. The second-order valence-corrected chi connectivity index (χ2v) is 5.08. The molecule has 0 saturated heterocycles. The van der Waals surface area contributed by atoms with Gasteiger partial charge in [-0.1, -0.05) is 35.9 Å². The Bertz CT molecular complexity index is 874. The zero-order valence-corrected chi connectivity index (χ0v) is 12.4. The van der Waals surface area contributed by atoms with E-state index in [-0.39, 0.29) is 17.3 Å². The third-order valence-electron chi connectivity index (χ3n) is 3.11. The van der Waals surface area contributed by atoms with E-state index in [0.717, 1.165) is 0 Å². The molecule has 1 aliphatic heterocycles. The van der Waals surface area contributed by atoms with Crippen LogP contribution in [-0.4, -0.2) is 16.8 Å². The number of benzene rings is 2. The number of carbonyl (C=O) groups excluding carboxylic acids is 1. The Morgan fingerprint density at radius 1 is 1.17 bits per heavy atom. The van der Waals surface area contributed by atoms with Crippen LogP contribution in [0.5, 0.6) is 0 Å². The number of carbonyl (C=O) groups is 1. The molecule has 0 saturated carbocycles. The number of ether oxygens (including phenoxy) is 1. The maximum Gasteiger partial charge on any atom is 0.363 e. The highest BCUT2D eigenvalue weighted by Crippen LogP contribution is 2.24. The van der Waals surface area contributed by atoms with E-state index in [1.165, 1.54) is 24.3 Å². The molecule has 0 spiro atoms. The third-order valence-corrected chi connectivity index (χ3v) is 3.44. The van der Waals surface area contributed by atoms with Crippen LogP contribution in [0.25, 0.3) is 6.08 Å². The number of nitro groups is 1. The Hall–Kier alpha value is -2.99. The first-order valence-corrected chi connectivity index (χ1v) is 6.94. The Labute approximate surface area is 135 Å². The van der Waals surface area contributed by atoms with Gasteiger partial charge in [-0.3, -0.25) is 10.1 Å². The van der Waals surface area contributed by atoms with E-state index < -0.39 is 10.9 Å². The number of esters is 1. The largest absolute Gasteiger partial charge is 0.402 e. The lowest BCUT2D eigenvalue weighted by Gasteiger charge is -2.00. The van der Waals surface area contributed by atoms with Crippen LogP contribution in [0.2, 0.25) is 5.02 Å². The maximum atomic E-state index is 11.9. The molecule has 2 aromatic rings. The highest BCUT2D eigenvalue weighted by Gasteiger charge is 2.25. The summed E-state index contributed by atoms with van der Waals surface area (Å²) in [4.78, 5) is 26.3. The van der Waals surface area contributed by atoms with Gasteiger partial charge in [-0.2, -0.15) is 0 Å². The van der Waals surface area contributed by atoms with Gasteiger partial charge in [0, 0.05) is 12.1 Å². The summed E-state index contributed by atoms with van der Waals surface area (Å²) in [5.74, 6) is -0.524. The summed E-state index contributed by atoms with van der Waals surface area (Å²) in [6.07, 6.45) is 1.43. The van der Waals surface area contributed by atoms with Gasteiger partial charge in [-0.15, -0.1) is 0 Å². The summed E-state index contributed by atoms with van der Waals surface area (Å²) in [5.41, 5.74) is 0.974. The molecular formula is C16H9ClN2O4. The quantitative estimate of drug-likeness (QED) is 0.373. The minimum Gasteiger partial charge on any atom is -0.402 e. The van der Waals surface area contributed by atoms with Crippen LogP contribution in [0, 0.1) is 10.1 Å². The van der Waals surface area contributed by atoms with E-state index in [0.29, 0.717) is 16.1 Å². The number of rotatable bonds is 3. The first-order chi connectivity index (χ1) is 11.0. The predicted octanol–water partition coefficient (Wildman–Crippen LogP) is 3.59. The second kappa shape index (κ2) is 6.02. The van der Waals surface area contributed by atoms with Crippen LogP contribution in [-0.2, 0) is 9.53 Å². The van der Waals surface area contributed by atoms with Crippen LogP contribution in [0.15, 0.2) is 59.2 Å². The number of cyclic esters (lactones) is 1. The minimum atomic E-state index is -0.633. The van der Waals surface area contributed by atoms with E-state index >= 15 is 0 Å². The van der Waals surface area contributed by atoms with Crippen molar-refractivity contribution in [3.05, 3.63) is 80.5 Å². The molecule has 114 valence electrons. The standard InChI is InChI=1S/C16H9ClN2O4/c17-13-7-2-1-6-12(13)15-18-14(16(20)23-15)9-10-4-3-5-11(8-10)19(21)22/h1-9H. The van der Waals surface area contributed by atoms with E-state index in [1.54, 1.807) is 30.3 Å². The summed E-state index contributed by atoms with van der Waals surface area (Å²) in [6, 6.07) is 12.7. The van der Waals surface area contributed by atoms with Crippen molar-refractivity contribution >= 4 is 35.2 Å². The maximum absolute atomic E-state index is 11.9. The Kier molecular flexibility index (Phi) is 3.91. The summed E-state index contributed by atoms with van der Waals surface area (Å²) in [5, 5.41) is 11.2. The minimum absolute atomic E-state index is 0.0559. The van der Waals surface area contributed by atoms with E-state index in [1.807, 2.05) is 0 Å². The van der Waals surface area contributed by atoms with Crippen molar-refractivity contribution in [3.8, 4) is 0 Å². The molecule has 23 heavy (non-hydrogen) atoms. The summed E-state index contributed by atoms with van der Waals surface area (Å²) >= 11 is 6.05. The molecule has 0 atom stereocenters. The van der Waals surface area contributed by atoms with E-state index in [4.69, 9.17) is 16.3 Å². The van der Waals surface area contributed by atoms with Crippen LogP contribution in [0.3, 0.4) is 0 Å². The SMILES string of the molecule is O=C1OC(c2ccccc2Cl)=NC1=Cc1cccc([N+](=O)[O-])c1. The fourth-order valence-corrected chi connectivity index (χ4v) is 2.26. The molecule has 7 heteroatoms. The number of non-ortho nitro benzene ring substituents is 1. The Morgan fingerprint density at radius 3 is 2.70 bits per heavy atom. The fourth-order valence-electron chi connectivity index (χ4n) is 2.05. The first kappa shape index (κ1) is 14.9. The lowest BCUT2D eigenvalue weighted by Crippen LogP contribution is -2.05.